The molecule has 1 aromatic heterocycles. The van der Waals surface area contributed by atoms with Crippen LogP contribution in [0.5, 0.6) is 0 Å². The first-order valence-corrected chi connectivity index (χ1v) is 4.48. The zero-order valence-electron chi connectivity index (χ0n) is 7.49. The Morgan fingerprint density at radius 3 is 2.93 bits per heavy atom. The zero-order chi connectivity index (χ0) is 10.1. The lowest BCUT2D eigenvalue weighted by molar-refractivity contribution is 0.616. The van der Waals surface area contributed by atoms with Crippen molar-refractivity contribution in [3.63, 3.8) is 0 Å². The van der Waals surface area contributed by atoms with E-state index in [0.717, 1.165) is 0 Å². The van der Waals surface area contributed by atoms with E-state index in [0.29, 0.717) is 16.0 Å². The van der Waals surface area contributed by atoms with E-state index in [2.05, 4.69) is 10.2 Å². The van der Waals surface area contributed by atoms with Crippen LogP contribution in [-0.2, 0) is 0 Å². The number of nitrogens with zero attached hydrogens (tertiary/aromatic N) is 2. The lowest BCUT2D eigenvalue weighted by Gasteiger charge is -2.05. The summed E-state index contributed by atoms with van der Waals surface area (Å²) in [6.07, 6.45) is 1.53. The van der Waals surface area contributed by atoms with Gasteiger partial charge in [-0.15, -0.1) is 0 Å². The monoisotopic (exact) mass is 209 g/mol. The lowest BCUT2D eigenvalue weighted by atomic mass is 10.2. The molecule has 5 heteroatoms. The summed E-state index contributed by atoms with van der Waals surface area (Å²) in [5, 5.41) is 6.40. The molecule has 0 saturated carbocycles. The predicted octanol–water partition coefficient (Wildman–Crippen LogP) is 2.38. The third-order valence-electron chi connectivity index (χ3n) is 2.05. The molecule has 14 heavy (non-hydrogen) atoms. The van der Waals surface area contributed by atoms with E-state index < -0.39 is 0 Å². The fraction of sp³-hybridized carbons (Fsp3) is 0.111. The molecule has 0 atom stereocenters. The van der Waals surface area contributed by atoms with Gasteiger partial charge in [0.15, 0.2) is 4.77 Å². The average molecular weight is 209 g/mol. The molecule has 3 nitrogen and oxygen atoms in total. The van der Waals surface area contributed by atoms with Gasteiger partial charge < -0.3 is 0 Å². The number of aromatic amines is 1. The number of hydrogen-bond acceptors (Lipinski definition) is 2. The Morgan fingerprint density at radius 1 is 1.50 bits per heavy atom. The van der Waals surface area contributed by atoms with Crippen molar-refractivity contribution in [3.8, 4) is 5.69 Å². The molecule has 0 radical (unpaired) electrons. The molecule has 2 rings (SSSR count). The van der Waals surface area contributed by atoms with E-state index in [1.165, 1.54) is 12.4 Å². The number of benzene rings is 1. The maximum atomic E-state index is 13.2. The largest absolute Gasteiger partial charge is 0.274 e. The summed E-state index contributed by atoms with van der Waals surface area (Å²) >= 11 is 4.99. The molecule has 72 valence electrons. The summed E-state index contributed by atoms with van der Waals surface area (Å²) in [6.45, 7) is 1.71. The first-order chi connectivity index (χ1) is 6.70. The molecule has 0 fully saturated rings. The zero-order valence-corrected chi connectivity index (χ0v) is 8.31. The number of nitrogens with one attached hydrogen (secondary N) is 1. The van der Waals surface area contributed by atoms with Crippen LogP contribution in [0, 0.1) is 17.5 Å². The standard InChI is InChI=1S/C9H8FN3S/c1-6-7(10)3-2-4-8(6)13-5-11-12-9(13)14/h2-5H,1H3,(H,12,14). The van der Waals surface area contributed by atoms with Crippen molar-refractivity contribution in [2.24, 2.45) is 0 Å². The van der Waals surface area contributed by atoms with Gasteiger partial charge in [0.1, 0.15) is 12.1 Å². The van der Waals surface area contributed by atoms with E-state index in [9.17, 15) is 4.39 Å². The second kappa shape index (κ2) is 3.34. The minimum Gasteiger partial charge on any atom is -0.274 e. The summed E-state index contributed by atoms with van der Waals surface area (Å²) in [6, 6.07) is 4.86. The Morgan fingerprint density at radius 2 is 2.29 bits per heavy atom. The molecular weight excluding hydrogens is 201 g/mol. The quantitative estimate of drug-likeness (QED) is 0.731. The van der Waals surface area contributed by atoms with E-state index in [1.54, 1.807) is 23.6 Å². The highest BCUT2D eigenvalue weighted by Crippen LogP contribution is 2.16. The second-order valence-electron chi connectivity index (χ2n) is 2.92. The van der Waals surface area contributed by atoms with Crippen molar-refractivity contribution >= 4 is 12.2 Å². The van der Waals surface area contributed by atoms with Crippen LogP contribution in [0.15, 0.2) is 24.5 Å². The van der Waals surface area contributed by atoms with Crippen LogP contribution in [-0.4, -0.2) is 14.8 Å². The average Bonchev–Trinajstić information content (AvgIpc) is 2.57. The van der Waals surface area contributed by atoms with Crippen LogP contribution < -0.4 is 0 Å². The molecule has 0 unspecified atom stereocenters. The number of halogens is 1. The summed E-state index contributed by atoms with van der Waals surface area (Å²) in [4.78, 5) is 0. The molecule has 0 aliphatic heterocycles. The van der Waals surface area contributed by atoms with Gasteiger partial charge >= 0.3 is 0 Å². The summed E-state index contributed by atoms with van der Waals surface area (Å²) in [5.41, 5.74) is 1.27. The third-order valence-corrected chi connectivity index (χ3v) is 2.34. The highest BCUT2D eigenvalue weighted by molar-refractivity contribution is 7.71. The molecule has 0 amide bonds. The van der Waals surface area contributed by atoms with E-state index >= 15 is 0 Å². The highest BCUT2D eigenvalue weighted by atomic mass is 32.1. The number of rotatable bonds is 1. The number of H-pyrrole nitrogens is 1. The summed E-state index contributed by atoms with van der Waals surface area (Å²) < 4.78 is 15.3. The maximum Gasteiger partial charge on any atom is 0.199 e. The van der Waals surface area contributed by atoms with Gasteiger partial charge in [0.25, 0.3) is 0 Å². The van der Waals surface area contributed by atoms with E-state index in [1.807, 2.05) is 0 Å². The maximum absolute atomic E-state index is 13.2. The molecule has 1 N–H and O–H groups in total. The lowest BCUT2D eigenvalue weighted by Crippen LogP contribution is -1.97. The first-order valence-electron chi connectivity index (χ1n) is 4.07. The van der Waals surface area contributed by atoms with Crippen molar-refractivity contribution in [1.29, 1.82) is 0 Å². The Bertz CT molecular complexity index is 515. The molecular formula is C9H8FN3S. The van der Waals surface area contributed by atoms with Gasteiger partial charge in [0, 0.05) is 5.56 Å². The fourth-order valence-corrected chi connectivity index (χ4v) is 1.47. The van der Waals surface area contributed by atoms with Crippen LogP contribution in [0.25, 0.3) is 5.69 Å². The van der Waals surface area contributed by atoms with Crippen molar-refractivity contribution in [3.05, 3.63) is 40.7 Å². The molecule has 1 heterocycles. The predicted molar refractivity (Wildman–Crippen MR) is 53.4 cm³/mol. The van der Waals surface area contributed by atoms with Crippen molar-refractivity contribution < 1.29 is 4.39 Å². The topological polar surface area (TPSA) is 33.6 Å². The molecule has 0 aliphatic carbocycles. The van der Waals surface area contributed by atoms with Crippen LogP contribution >= 0.6 is 12.2 Å². The van der Waals surface area contributed by atoms with Crippen molar-refractivity contribution in [2.75, 3.05) is 0 Å². The summed E-state index contributed by atoms with van der Waals surface area (Å²) in [7, 11) is 0. The van der Waals surface area contributed by atoms with Crippen LogP contribution in [0.4, 0.5) is 4.39 Å². The molecule has 0 bridgehead atoms. The Balaban J connectivity index is 2.69. The summed E-state index contributed by atoms with van der Waals surface area (Å²) in [5.74, 6) is -0.245. The normalized spacial score (nSPS) is 10.4. The Kier molecular flexibility index (Phi) is 2.17. The SMILES string of the molecule is Cc1c(F)cccc1-n1cn[nH]c1=S. The van der Waals surface area contributed by atoms with Gasteiger partial charge in [-0.1, -0.05) is 6.07 Å². The van der Waals surface area contributed by atoms with Gasteiger partial charge in [-0.3, -0.25) is 9.67 Å². The van der Waals surface area contributed by atoms with E-state index in [4.69, 9.17) is 12.2 Å². The number of hydrogen-bond donors (Lipinski definition) is 1. The molecule has 2 aromatic rings. The second-order valence-corrected chi connectivity index (χ2v) is 3.30. The fourth-order valence-electron chi connectivity index (χ4n) is 1.28. The van der Waals surface area contributed by atoms with Crippen LogP contribution in [0.1, 0.15) is 5.56 Å². The van der Waals surface area contributed by atoms with Gasteiger partial charge in [-0.25, -0.2) is 4.39 Å². The van der Waals surface area contributed by atoms with Crippen molar-refractivity contribution in [1.82, 2.24) is 14.8 Å². The number of aromatic nitrogens is 3. The minimum absolute atomic E-state index is 0.245. The van der Waals surface area contributed by atoms with Crippen LogP contribution in [0.2, 0.25) is 0 Å². The highest BCUT2D eigenvalue weighted by Gasteiger charge is 2.05. The third kappa shape index (κ3) is 1.35. The van der Waals surface area contributed by atoms with E-state index in [-0.39, 0.29) is 5.82 Å². The molecule has 0 saturated heterocycles. The van der Waals surface area contributed by atoms with Gasteiger partial charge in [-0.05, 0) is 31.3 Å². The molecule has 0 spiro atoms. The molecule has 1 aromatic carbocycles. The Labute approximate surface area is 85.2 Å². The van der Waals surface area contributed by atoms with Gasteiger partial charge in [0.05, 0.1) is 5.69 Å². The molecule has 0 aliphatic rings. The van der Waals surface area contributed by atoms with Crippen LogP contribution in [0.3, 0.4) is 0 Å². The smallest absolute Gasteiger partial charge is 0.199 e. The van der Waals surface area contributed by atoms with Crippen molar-refractivity contribution in [2.45, 2.75) is 6.92 Å². The Hall–Kier alpha value is -1.49. The first kappa shape index (κ1) is 9.08. The minimum atomic E-state index is -0.245. The van der Waals surface area contributed by atoms with Gasteiger partial charge in [-0.2, -0.15) is 5.10 Å². The van der Waals surface area contributed by atoms with Gasteiger partial charge in [0.2, 0.25) is 0 Å².